The van der Waals surface area contributed by atoms with Crippen LogP contribution in [-0.2, 0) is 11.3 Å². The highest BCUT2D eigenvalue weighted by atomic mass is 16.2. The van der Waals surface area contributed by atoms with Crippen LogP contribution in [0, 0.1) is 0 Å². The summed E-state index contributed by atoms with van der Waals surface area (Å²) in [5.74, 6) is 0.982. The van der Waals surface area contributed by atoms with Gasteiger partial charge in [-0.25, -0.2) is 9.67 Å². The molecule has 2 saturated heterocycles. The van der Waals surface area contributed by atoms with Crippen molar-refractivity contribution in [3.05, 3.63) is 41.2 Å². The van der Waals surface area contributed by atoms with Gasteiger partial charge < -0.3 is 4.90 Å². The molecule has 0 N–H and O–H groups in total. The zero-order valence-corrected chi connectivity index (χ0v) is 16.2. The molecule has 1 atom stereocenters. The van der Waals surface area contributed by atoms with Gasteiger partial charge in [0.1, 0.15) is 6.33 Å². The Morgan fingerprint density at radius 1 is 1.04 bits per heavy atom. The molecule has 150 valence electrons. The molecule has 28 heavy (non-hydrogen) atoms. The minimum atomic E-state index is -0.0848. The third-order valence-corrected chi connectivity index (χ3v) is 5.83. The van der Waals surface area contributed by atoms with Gasteiger partial charge in [0.2, 0.25) is 5.91 Å². The lowest BCUT2D eigenvalue weighted by molar-refractivity contribution is -0.130. The molecule has 0 bridgehead atoms. The Labute approximate surface area is 164 Å². The van der Waals surface area contributed by atoms with E-state index in [-0.39, 0.29) is 11.6 Å². The summed E-state index contributed by atoms with van der Waals surface area (Å²) in [6.07, 6.45) is 11.3. The van der Waals surface area contributed by atoms with Crippen molar-refractivity contribution < 1.29 is 4.79 Å². The van der Waals surface area contributed by atoms with Crippen LogP contribution < -0.4 is 5.56 Å². The van der Waals surface area contributed by atoms with E-state index < -0.39 is 0 Å². The van der Waals surface area contributed by atoms with E-state index in [1.807, 2.05) is 11.1 Å². The van der Waals surface area contributed by atoms with Crippen LogP contribution in [0.1, 0.15) is 38.5 Å². The second-order valence-corrected chi connectivity index (χ2v) is 7.71. The number of carbonyl (C=O) groups excluding carboxylic acids is 1. The monoisotopic (exact) mass is 384 g/mol. The Balaban J connectivity index is 1.41. The van der Waals surface area contributed by atoms with Crippen molar-refractivity contribution in [2.75, 3.05) is 26.2 Å². The second-order valence-electron chi connectivity index (χ2n) is 7.71. The molecule has 2 aromatic rings. The highest BCUT2D eigenvalue weighted by Gasteiger charge is 2.26. The number of nitrogens with zero attached hydrogens (tertiary/aromatic N) is 6. The van der Waals surface area contributed by atoms with E-state index >= 15 is 0 Å². The van der Waals surface area contributed by atoms with E-state index in [9.17, 15) is 9.59 Å². The lowest BCUT2D eigenvalue weighted by atomic mass is 10.2. The quantitative estimate of drug-likeness (QED) is 0.750. The second kappa shape index (κ2) is 8.68. The maximum atomic E-state index is 12.3. The topological polar surface area (TPSA) is 76.3 Å². The molecule has 4 heterocycles. The molecule has 2 aliphatic heterocycles. The highest BCUT2D eigenvalue weighted by Crippen LogP contribution is 2.19. The van der Waals surface area contributed by atoms with Crippen molar-refractivity contribution in [3.8, 4) is 5.82 Å². The van der Waals surface area contributed by atoms with Crippen molar-refractivity contribution >= 4 is 5.91 Å². The predicted octanol–water partition coefficient (Wildman–Crippen LogP) is 1.30. The standard InChI is InChI=1S/C20H28N6O2/c27-19-6-2-1-3-10-24(19)14-13-23-11-4-5-17(23)15-26-20(28)8-7-18(22-26)25-12-9-21-16-25/h7-9,12,16-17H,1-6,10-11,13-15H2. The first-order chi connectivity index (χ1) is 13.7. The summed E-state index contributed by atoms with van der Waals surface area (Å²) in [6.45, 7) is 4.13. The maximum absolute atomic E-state index is 12.3. The Kier molecular flexibility index (Phi) is 5.85. The fourth-order valence-electron chi connectivity index (χ4n) is 4.22. The summed E-state index contributed by atoms with van der Waals surface area (Å²) in [4.78, 5) is 33.0. The Bertz CT molecular complexity index is 847. The van der Waals surface area contributed by atoms with Gasteiger partial charge >= 0.3 is 0 Å². The van der Waals surface area contributed by atoms with Crippen LogP contribution in [0.5, 0.6) is 0 Å². The molecule has 4 rings (SSSR count). The van der Waals surface area contributed by atoms with E-state index in [2.05, 4.69) is 15.0 Å². The van der Waals surface area contributed by atoms with E-state index in [1.54, 1.807) is 33.9 Å². The molecule has 1 unspecified atom stereocenters. The van der Waals surface area contributed by atoms with Crippen LogP contribution in [0.2, 0.25) is 0 Å². The molecule has 0 aromatic carbocycles. The molecule has 1 amide bonds. The summed E-state index contributed by atoms with van der Waals surface area (Å²) in [5.41, 5.74) is -0.0848. The number of imidazole rings is 1. The first kappa shape index (κ1) is 18.9. The van der Waals surface area contributed by atoms with Gasteiger partial charge in [-0.3, -0.25) is 19.1 Å². The lowest BCUT2D eigenvalue weighted by Crippen LogP contribution is -2.42. The average molecular weight is 384 g/mol. The molecule has 2 aromatic heterocycles. The van der Waals surface area contributed by atoms with Crippen LogP contribution in [0.25, 0.3) is 5.82 Å². The Morgan fingerprint density at radius 3 is 2.82 bits per heavy atom. The Hall–Kier alpha value is -2.48. The van der Waals surface area contributed by atoms with Crippen molar-refractivity contribution in [1.82, 2.24) is 29.1 Å². The van der Waals surface area contributed by atoms with Gasteiger partial charge in [0.15, 0.2) is 5.82 Å². The van der Waals surface area contributed by atoms with Gasteiger partial charge in [-0.1, -0.05) is 6.42 Å². The SMILES string of the molecule is O=C1CCCCCN1CCN1CCCC1Cn1nc(-n2ccnc2)ccc1=O. The van der Waals surface area contributed by atoms with Gasteiger partial charge in [0, 0.05) is 50.6 Å². The zero-order valence-electron chi connectivity index (χ0n) is 16.2. The number of rotatable bonds is 6. The molecular weight excluding hydrogens is 356 g/mol. The first-order valence-electron chi connectivity index (χ1n) is 10.3. The van der Waals surface area contributed by atoms with Crippen LogP contribution in [0.4, 0.5) is 0 Å². The predicted molar refractivity (Wildman–Crippen MR) is 105 cm³/mol. The van der Waals surface area contributed by atoms with Crippen LogP contribution in [0.3, 0.4) is 0 Å². The number of hydrogen-bond acceptors (Lipinski definition) is 5. The van der Waals surface area contributed by atoms with E-state index in [0.29, 0.717) is 24.7 Å². The molecule has 0 radical (unpaired) electrons. The van der Waals surface area contributed by atoms with Crippen molar-refractivity contribution in [2.24, 2.45) is 0 Å². The molecule has 8 nitrogen and oxygen atoms in total. The van der Waals surface area contributed by atoms with Gasteiger partial charge in [-0.2, -0.15) is 5.10 Å². The van der Waals surface area contributed by atoms with Crippen LogP contribution in [-0.4, -0.2) is 67.3 Å². The normalized spacial score (nSPS) is 21.2. The van der Waals surface area contributed by atoms with Crippen molar-refractivity contribution in [1.29, 1.82) is 0 Å². The van der Waals surface area contributed by atoms with Gasteiger partial charge in [0.25, 0.3) is 5.56 Å². The fourth-order valence-corrected chi connectivity index (χ4v) is 4.22. The molecule has 8 heteroatoms. The summed E-state index contributed by atoms with van der Waals surface area (Å²) in [5, 5.41) is 4.52. The highest BCUT2D eigenvalue weighted by molar-refractivity contribution is 5.76. The molecule has 0 saturated carbocycles. The molecule has 2 aliphatic rings. The van der Waals surface area contributed by atoms with E-state index in [4.69, 9.17) is 0 Å². The van der Waals surface area contributed by atoms with Crippen LogP contribution in [0.15, 0.2) is 35.6 Å². The maximum Gasteiger partial charge on any atom is 0.266 e. The molecule has 0 spiro atoms. The first-order valence-corrected chi connectivity index (χ1v) is 10.3. The van der Waals surface area contributed by atoms with Gasteiger partial charge in [-0.15, -0.1) is 0 Å². The summed E-state index contributed by atoms with van der Waals surface area (Å²) >= 11 is 0. The summed E-state index contributed by atoms with van der Waals surface area (Å²) in [7, 11) is 0. The minimum absolute atomic E-state index is 0.0848. The van der Waals surface area contributed by atoms with E-state index in [0.717, 1.165) is 58.3 Å². The number of aromatic nitrogens is 4. The molecular formula is C20H28N6O2. The van der Waals surface area contributed by atoms with Crippen LogP contribution >= 0.6 is 0 Å². The van der Waals surface area contributed by atoms with E-state index in [1.165, 1.54) is 0 Å². The Morgan fingerprint density at radius 2 is 1.96 bits per heavy atom. The van der Waals surface area contributed by atoms with Gasteiger partial charge in [-0.05, 0) is 38.3 Å². The number of likely N-dealkylation sites (tertiary alicyclic amines) is 2. The summed E-state index contributed by atoms with van der Waals surface area (Å²) < 4.78 is 3.36. The van der Waals surface area contributed by atoms with Crippen molar-refractivity contribution in [3.63, 3.8) is 0 Å². The average Bonchev–Trinajstić information content (AvgIpc) is 3.34. The van der Waals surface area contributed by atoms with Crippen molar-refractivity contribution in [2.45, 2.75) is 51.1 Å². The number of amides is 1. The molecule has 2 fully saturated rings. The zero-order chi connectivity index (χ0) is 19.3. The number of hydrogen-bond donors (Lipinski definition) is 0. The lowest BCUT2D eigenvalue weighted by Gasteiger charge is -2.28. The minimum Gasteiger partial charge on any atom is -0.341 e. The third kappa shape index (κ3) is 4.32. The smallest absolute Gasteiger partial charge is 0.266 e. The number of carbonyl (C=O) groups is 1. The molecule has 0 aliphatic carbocycles. The summed E-state index contributed by atoms with van der Waals surface area (Å²) in [6, 6.07) is 3.57. The fraction of sp³-hybridized carbons (Fsp3) is 0.600. The van der Waals surface area contributed by atoms with Gasteiger partial charge in [0.05, 0.1) is 6.54 Å². The third-order valence-electron chi connectivity index (χ3n) is 5.83. The largest absolute Gasteiger partial charge is 0.341 e.